The molecule has 0 spiro atoms. The van der Waals surface area contributed by atoms with Gasteiger partial charge in [-0.15, -0.1) is 0 Å². The molecule has 1 N–H and O–H groups in total. The minimum absolute atomic E-state index is 0.0668. The van der Waals surface area contributed by atoms with Gasteiger partial charge in [0.05, 0.1) is 27.7 Å². The number of nitrogens with zero attached hydrogens (tertiary/aromatic N) is 2. The Labute approximate surface area is 210 Å². The van der Waals surface area contributed by atoms with Gasteiger partial charge in [0.15, 0.2) is 0 Å². The summed E-state index contributed by atoms with van der Waals surface area (Å²) in [6.07, 6.45) is 2.44. The van der Waals surface area contributed by atoms with E-state index in [0.717, 1.165) is 21.9 Å². The molecule has 34 heavy (non-hydrogen) atoms. The number of sulfonamides is 1. The van der Waals surface area contributed by atoms with Crippen LogP contribution in [0.2, 0.25) is 10.0 Å². The van der Waals surface area contributed by atoms with E-state index in [-0.39, 0.29) is 11.4 Å². The predicted octanol–water partition coefficient (Wildman–Crippen LogP) is 5.21. The highest BCUT2D eigenvalue weighted by atomic mass is 35.5. The van der Waals surface area contributed by atoms with Gasteiger partial charge in [0.1, 0.15) is 0 Å². The Morgan fingerprint density at radius 2 is 1.62 bits per heavy atom. The van der Waals surface area contributed by atoms with E-state index in [1.807, 2.05) is 31.2 Å². The predicted molar refractivity (Wildman–Crippen MR) is 137 cm³/mol. The minimum atomic E-state index is -3.97. The van der Waals surface area contributed by atoms with Crippen molar-refractivity contribution >= 4 is 45.3 Å². The van der Waals surface area contributed by atoms with E-state index in [4.69, 9.17) is 23.2 Å². The molecule has 0 aliphatic heterocycles. The Kier molecular flexibility index (Phi) is 8.85. The second-order valence-electron chi connectivity index (χ2n) is 7.72. The number of hydrogen-bond acceptors (Lipinski definition) is 4. The number of nitrogens with one attached hydrogen (secondary N) is 1. The van der Waals surface area contributed by atoms with Crippen molar-refractivity contribution in [1.29, 1.82) is 0 Å². The maximum Gasteiger partial charge on any atom is 0.255 e. The van der Waals surface area contributed by atoms with Crippen molar-refractivity contribution in [3.8, 4) is 0 Å². The largest absolute Gasteiger partial charge is 0.272 e. The molecule has 1 amide bonds. The standard InChI is InChI=1S/C25H25Cl2N3O3S/c1-3-19-6-8-20(9-7-19)15-28-29-25(31)17-30(16-21-10-13-23(26)24(27)14-21)34(32,33)22-11-4-18(2)5-12-22/h4-15H,3,16-17H2,1-2H3,(H,29,31)/b28-15-. The molecule has 3 aromatic rings. The van der Waals surface area contributed by atoms with E-state index in [0.29, 0.717) is 15.6 Å². The van der Waals surface area contributed by atoms with E-state index in [2.05, 4.69) is 17.5 Å². The molecule has 0 aliphatic rings. The Hall–Kier alpha value is -2.71. The van der Waals surface area contributed by atoms with E-state index in [1.54, 1.807) is 30.3 Å². The van der Waals surface area contributed by atoms with Crippen LogP contribution >= 0.6 is 23.2 Å². The van der Waals surface area contributed by atoms with Gasteiger partial charge in [-0.3, -0.25) is 4.79 Å². The zero-order valence-corrected chi connectivity index (χ0v) is 21.2. The first-order valence-corrected chi connectivity index (χ1v) is 12.8. The summed E-state index contributed by atoms with van der Waals surface area (Å²) in [5, 5.41) is 4.62. The van der Waals surface area contributed by atoms with Gasteiger partial charge in [-0.05, 0) is 54.3 Å². The number of aryl methyl sites for hydroxylation is 2. The van der Waals surface area contributed by atoms with Gasteiger partial charge in [-0.2, -0.15) is 9.41 Å². The lowest BCUT2D eigenvalue weighted by molar-refractivity contribution is -0.121. The second-order valence-corrected chi connectivity index (χ2v) is 10.5. The maximum absolute atomic E-state index is 13.3. The van der Waals surface area contributed by atoms with E-state index < -0.39 is 22.5 Å². The van der Waals surface area contributed by atoms with Crippen LogP contribution in [-0.4, -0.2) is 31.4 Å². The van der Waals surface area contributed by atoms with Crippen molar-refractivity contribution in [2.45, 2.75) is 31.7 Å². The summed E-state index contributed by atoms with van der Waals surface area (Å²) in [5.41, 5.74) is 5.94. The molecule has 3 rings (SSSR count). The van der Waals surface area contributed by atoms with Crippen LogP contribution in [0.25, 0.3) is 0 Å². The van der Waals surface area contributed by atoms with Crippen LogP contribution in [0.1, 0.15) is 29.2 Å². The molecule has 9 heteroatoms. The summed E-state index contributed by atoms with van der Waals surface area (Å²) in [6.45, 7) is 3.44. The first-order chi connectivity index (χ1) is 16.2. The molecule has 0 saturated carbocycles. The van der Waals surface area contributed by atoms with Gasteiger partial charge in [0, 0.05) is 6.54 Å². The molecule has 0 aromatic heterocycles. The fraction of sp³-hybridized carbons (Fsp3) is 0.200. The van der Waals surface area contributed by atoms with Gasteiger partial charge in [0.2, 0.25) is 10.0 Å². The van der Waals surface area contributed by atoms with Crippen LogP contribution in [0.4, 0.5) is 0 Å². The monoisotopic (exact) mass is 517 g/mol. The normalized spacial score (nSPS) is 11.8. The molecular formula is C25H25Cl2N3O3S. The van der Waals surface area contributed by atoms with Gasteiger partial charge in [-0.25, -0.2) is 13.8 Å². The Morgan fingerprint density at radius 3 is 2.24 bits per heavy atom. The smallest absolute Gasteiger partial charge is 0.255 e. The van der Waals surface area contributed by atoms with Crippen molar-refractivity contribution in [3.63, 3.8) is 0 Å². The lowest BCUT2D eigenvalue weighted by Crippen LogP contribution is -2.39. The number of carbonyl (C=O) groups excluding carboxylic acids is 1. The Bertz CT molecular complexity index is 1280. The summed E-state index contributed by atoms with van der Waals surface area (Å²) in [5.74, 6) is -0.572. The average molecular weight is 518 g/mol. The fourth-order valence-electron chi connectivity index (χ4n) is 3.14. The van der Waals surface area contributed by atoms with Crippen molar-refractivity contribution in [2.75, 3.05) is 6.54 Å². The molecule has 0 saturated heterocycles. The number of hydrazone groups is 1. The topological polar surface area (TPSA) is 78.8 Å². The van der Waals surface area contributed by atoms with E-state index >= 15 is 0 Å². The summed E-state index contributed by atoms with van der Waals surface area (Å²) in [7, 11) is -3.97. The number of carbonyl (C=O) groups is 1. The Morgan fingerprint density at radius 1 is 0.971 bits per heavy atom. The third-order valence-electron chi connectivity index (χ3n) is 5.11. The highest BCUT2D eigenvalue weighted by Gasteiger charge is 2.27. The highest BCUT2D eigenvalue weighted by Crippen LogP contribution is 2.25. The van der Waals surface area contributed by atoms with Crippen LogP contribution < -0.4 is 5.43 Å². The van der Waals surface area contributed by atoms with Crippen LogP contribution in [0, 0.1) is 6.92 Å². The fourth-order valence-corrected chi connectivity index (χ4v) is 4.85. The number of benzene rings is 3. The van der Waals surface area contributed by atoms with Gasteiger partial charge in [-0.1, -0.05) is 78.2 Å². The second kappa shape index (κ2) is 11.6. The molecule has 0 fully saturated rings. The highest BCUT2D eigenvalue weighted by molar-refractivity contribution is 7.89. The first-order valence-electron chi connectivity index (χ1n) is 10.6. The quantitative estimate of drug-likeness (QED) is 0.312. The molecule has 0 atom stereocenters. The minimum Gasteiger partial charge on any atom is -0.272 e. The van der Waals surface area contributed by atoms with E-state index in [1.165, 1.54) is 23.9 Å². The SMILES string of the molecule is CCc1ccc(/C=N\NC(=O)CN(Cc2ccc(Cl)c(Cl)c2)S(=O)(=O)c2ccc(C)cc2)cc1. The third kappa shape index (κ3) is 6.90. The molecule has 3 aromatic carbocycles. The van der Waals surface area contributed by atoms with Crippen molar-refractivity contribution in [1.82, 2.24) is 9.73 Å². The maximum atomic E-state index is 13.3. The van der Waals surface area contributed by atoms with Gasteiger partial charge < -0.3 is 0 Å². The molecule has 0 aliphatic carbocycles. The summed E-state index contributed by atoms with van der Waals surface area (Å²) >= 11 is 12.1. The van der Waals surface area contributed by atoms with Crippen LogP contribution in [-0.2, 0) is 27.8 Å². The number of amides is 1. The summed E-state index contributed by atoms with van der Waals surface area (Å²) in [4.78, 5) is 12.7. The Balaban J connectivity index is 1.79. The van der Waals surface area contributed by atoms with Gasteiger partial charge in [0.25, 0.3) is 5.91 Å². The molecule has 178 valence electrons. The summed E-state index contributed by atoms with van der Waals surface area (Å²) < 4.78 is 27.8. The number of hydrogen-bond donors (Lipinski definition) is 1. The molecule has 0 unspecified atom stereocenters. The lowest BCUT2D eigenvalue weighted by Gasteiger charge is -2.22. The molecule has 0 radical (unpaired) electrons. The van der Waals surface area contributed by atoms with Crippen molar-refractivity contribution in [3.05, 3.63) is 99.0 Å². The summed E-state index contributed by atoms with van der Waals surface area (Å²) in [6, 6.07) is 19.0. The molecule has 0 bridgehead atoms. The first kappa shape index (κ1) is 25.9. The number of rotatable bonds is 9. The molecule has 0 heterocycles. The number of halogens is 2. The molecular weight excluding hydrogens is 493 g/mol. The lowest BCUT2D eigenvalue weighted by atomic mass is 10.1. The van der Waals surface area contributed by atoms with E-state index in [9.17, 15) is 13.2 Å². The van der Waals surface area contributed by atoms with Crippen LogP contribution in [0.15, 0.2) is 76.7 Å². The molecule has 6 nitrogen and oxygen atoms in total. The zero-order chi connectivity index (χ0) is 24.7. The van der Waals surface area contributed by atoms with Crippen LogP contribution in [0.5, 0.6) is 0 Å². The average Bonchev–Trinajstić information content (AvgIpc) is 2.81. The van der Waals surface area contributed by atoms with Gasteiger partial charge >= 0.3 is 0 Å². The van der Waals surface area contributed by atoms with Crippen LogP contribution in [0.3, 0.4) is 0 Å². The van der Waals surface area contributed by atoms with Crippen molar-refractivity contribution in [2.24, 2.45) is 5.10 Å². The third-order valence-corrected chi connectivity index (χ3v) is 7.66. The van der Waals surface area contributed by atoms with Crippen molar-refractivity contribution < 1.29 is 13.2 Å². The zero-order valence-electron chi connectivity index (χ0n) is 18.8.